The minimum absolute atomic E-state index is 0.196. The Morgan fingerprint density at radius 3 is 2.40 bits per heavy atom. The summed E-state index contributed by atoms with van der Waals surface area (Å²) in [6.45, 7) is 2.49. The number of halogens is 1. The molecule has 0 saturated carbocycles. The van der Waals surface area contributed by atoms with E-state index >= 15 is 0 Å². The van der Waals surface area contributed by atoms with Crippen LogP contribution in [0.4, 0.5) is 5.13 Å². The number of anilines is 1. The van der Waals surface area contributed by atoms with E-state index in [9.17, 15) is 4.79 Å². The van der Waals surface area contributed by atoms with Crippen molar-refractivity contribution >= 4 is 34.0 Å². The van der Waals surface area contributed by atoms with Gasteiger partial charge in [0, 0.05) is 16.8 Å². The van der Waals surface area contributed by atoms with Crippen molar-refractivity contribution in [2.24, 2.45) is 0 Å². The second-order valence-corrected chi connectivity index (χ2v) is 8.26. The van der Waals surface area contributed by atoms with Gasteiger partial charge in [0.2, 0.25) is 0 Å². The minimum atomic E-state index is -0.196. The van der Waals surface area contributed by atoms with E-state index in [1.165, 1.54) is 16.9 Å². The highest BCUT2D eigenvalue weighted by Crippen LogP contribution is 2.30. The molecule has 1 heterocycles. The molecule has 0 aliphatic rings. The lowest BCUT2D eigenvalue weighted by molar-refractivity contribution is 0.102. The Morgan fingerprint density at radius 1 is 1.00 bits per heavy atom. The average Bonchev–Trinajstić information content (AvgIpc) is 3.22. The van der Waals surface area contributed by atoms with E-state index in [0.717, 1.165) is 21.8 Å². The Hall–Kier alpha value is -3.15. The molecule has 4 aromatic rings. The van der Waals surface area contributed by atoms with Crippen LogP contribution in [-0.4, -0.2) is 10.9 Å². The van der Waals surface area contributed by atoms with Crippen molar-refractivity contribution in [1.82, 2.24) is 4.98 Å². The summed E-state index contributed by atoms with van der Waals surface area (Å²) in [7, 11) is 0. The van der Waals surface area contributed by atoms with Crippen LogP contribution in [-0.2, 0) is 6.61 Å². The monoisotopic (exact) mass is 434 g/mol. The van der Waals surface area contributed by atoms with Crippen LogP contribution in [0.1, 0.15) is 21.5 Å². The van der Waals surface area contributed by atoms with Crippen LogP contribution in [0.5, 0.6) is 5.75 Å². The van der Waals surface area contributed by atoms with Crippen molar-refractivity contribution < 1.29 is 9.53 Å². The number of amides is 1. The minimum Gasteiger partial charge on any atom is -0.489 e. The third kappa shape index (κ3) is 5.06. The first-order valence-corrected chi connectivity index (χ1v) is 10.6. The van der Waals surface area contributed by atoms with E-state index in [1.807, 2.05) is 67.6 Å². The van der Waals surface area contributed by atoms with E-state index in [0.29, 0.717) is 22.3 Å². The lowest BCUT2D eigenvalue weighted by Gasteiger charge is -2.07. The summed E-state index contributed by atoms with van der Waals surface area (Å²) in [4.78, 5) is 17.8. The molecule has 6 heteroatoms. The van der Waals surface area contributed by atoms with Crippen LogP contribution in [0, 0.1) is 6.92 Å². The summed E-state index contributed by atoms with van der Waals surface area (Å²) < 4.78 is 5.78. The van der Waals surface area contributed by atoms with Gasteiger partial charge < -0.3 is 4.74 Å². The normalized spacial score (nSPS) is 10.6. The number of nitrogens with zero attached hydrogens (tertiary/aromatic N) is 1. The molecule has 4 rings (SSSR count). The summed E-state index contributed by atoms with van der Waals surface area (Å²) in [6, 6.07) is 22.8. The molecule has 4 nitrogen and oxygen atoms in total. The van der Waals surface area contributed by atoms with Crippen molar-refractivity contribution in [3.05, 3.63) is 101 Å². The van der Waals surface area contributed by atoms with Crippen molar-refractivity contribution in [1.29, 1.82) is 0 Å². The van der Waals surface area contributed by atoms with Crippen LogP contribution < -0.4 is 10.1 Å². The molecule has 1 aromatic heterocycles. The lowest BCUT2D eigenvalue weighted by atomic mass is 10.1. The highest BCUT2D eigenvalue weighted by Gasteiger charge is 2.10. The van der Waals surface area contributed by atoms with E-state index in [4.69, 9.17) is 16.3 Å². The molecule has 0 aliphatic carbocycles. The number of aryl methyl sites for hydroxylation is 1. The molecule has 0 saturated heterocycles. The fraction of sp³-hybridized carbons (Fsp3) is 0.0833. The van der Waals surface area contributed by atoms with Crippen LogP contribution in [0.25, 0.3) is 10.4 Å². The number of hydrogen-bond donors (Lipinski definition) is 1. The maximum Gasteiger partial charge on any atom is 0.257 e. The van der Waals surface area contributed by atoms with Gasteiger partial charge in [-0.05, 0) is 54.4 Å². The number of ether oxygens (including phenoxy) is 1. The summed E-state index contributed by atoms with van der Waals surface area (Å²) in [5.41, 5.74) is 3.76. The molecule has 0 aliphatic heterocycles. The second kappa shape index (κ2) is 9.11. The first kappa shape index (κ1) is 20.1. The SMILES string of the molecule is Cc1ccc(OCc2ccc(C(=O)Nc3ncc(-c4ccc(Cl)cc4)s3)cc2)cc1. The Balaban J connectivity index is 1.35. The van der Waals surface area contributed by atoms with E-state index in [2.05, 4.69) is 10.3 Å². The molecule has 1 N–H and O–H groups in total. The number of nitrogens with one attached hydrogen (secondary N) is 1. The molecule has 0 unspecified atom stereocenters. The molecule has 0 fully saturated rings. The third-order valence-corrected chi connectivity index (χ3v) is 5.71. The molecular weight excluding hydrogens is 416 g/mol. The maximum absolute atomic E-state index is 12.5. The summed E-state index contributed by atoms with van der Waals surface area (Å²) in [5, 5.41) is 4.09. The Bertz CT molecular complexity index is 1140. The van der Waals surface area contributed by atoms with Crippen LogP contribution in [0.3, 0.4) is 0 Å². The molecule has 3 aromatic carbocycles. The van der Waals surface area contributed by atoms with Crippen molar-refractivity contribution in [2.45, 2.75) is 13.5 Å². The molecule has 30 heavy (non-hydrogen) atoms. The molecule has 0 spiro atoms. The predicted octanol–water partition coefficient (Wildman–Crippen LogP) is 6.60. The number of benzene rings is 3. The van der Waals surface area contributed by atoms with Gasteiger partial charge in [-0.15, -0.1) is 0 Å². The van der Waals surface area contributed by atoms with E-state index in [1.54, 1.807) is 18.3 Å². The summed E-state index contributed by atoms with van der Waals surface area (Å²) >= 11 is 7.35. The molecular formula is C24H19ClN2O2S. The number of rotatable bonds is 6. The zero-order valence-corrected chi connectivity index (χ0v) is 17.8. The maximum atomic E-state index is 12.5. The number of carbonyl (C=O) groups excluding carboxylic acids is 1. The standard InChI is InChI=1S/C24H19ClN2O2S/c1-16-2-12-21(13-3-16)29-15-17-4-6-19(7-5-17)23(28)27-24-26-14-22(30-24)18-8-10-20(25)11-9-18/h2-14H,15H2,1H3,(H,26,27,28). The largest absolute Gasteiger partial charge is 0.489 e. The van der Waals surface area contributed by atoms with E-state index in [-0.39, 0.29) is 5.91 Å². The van der Waals surface area contributed by atoms with Gasteiger partial charge in [-0.1, -0.05) is 64.9 Å². The van der Waals surface area contributed by atoms with Gasteiger partial charge >= 0.3 is 0 Å². The molecule has 150 valence electrons. The molecule has 0 atom stereocenters. The number of aromatic nitrogens is 1. The van der Waals surface area contributed by atoms with Crippen molar-refractivity contribution in [3.8, 4) is 16.2 Å². The van der Waals surface area contributed by atoms with Gasteiger partial charge in [-0.3, -0.25) is 10.1 Å². The number of carbonyl (C=O) groups is 1. The van der Waals surface area contributed by atoms with Gasteiger partial charge in [0.05, 0.1) is 4.88 Å². The van der Waals surface area contributed by atoms with Gasteiger partial charge in [-0.2, -0.15) is 0 Å². The zero-order chi connectivity index (χ0) is 20.9. The quantitative estimate of drug-likeness (QED) is 0.371. The molecule has 0 radical (unpaired) electrons. The van der Waals surface area contributed by atoms with Crippen LogP contribution >= 0.6 is 22.9 Å². The number of thiazole rings is 1. The summed E-state index contributed by atoms with van der Waals surface area (Å²) in [5.74, 6) is 0.626. The van der Waals surface area contributed by atoms with Crippen molar-refractivity contribution in [2.75, 3.05) is 5.32 Å². The van der Waals surface area contributed by atoms with Crippen LogP contribution in [0.2, 0.25) is 5.02 Å². The predicted molar refractivity (Wildman–Crippen MR) is 122 cm³/mol. The number of hydrogen-bond acceptors (Lipinski definition) is 4. The Labute approximate surface area is 184 Å². The highest BCUT2D eigenvalue weighted by atomic mass is 35.5. The van der Waals surface area contributed by atoms with Crippen molar-refractivity contribution in [3.63, 3.8) is 0 Å². The second-order valence-electron chi connectivity index (χ2n) is 6.79. The third-order valence-electron chi connectivity index (χ3n) is 4.50. The van der Waals surface area contributed by atoms with Gasteiger partial charge in [0.15, 0.2) is 5.13 Å². The lowest BCUT2D eigenvalue weighted by Crippen LogP contribution is -2.11. The van der Waals surface area contributed by atoms with Gasteiger partial charge in [0.1, 0.15) is 12.4 Å². The average molecular weight is 435 g/mol. The van der Waals surface area contributed by atoms with Gasteiger partial charge in [0.25, 0.3) is 5.91 Å². The van der Waals surface area contributed by atoms with Gasteiger partial charge in [-0.25, -0.2) is 4.98 Å². The van der Waals surface area contributed by atoms with Crippen LogP contribution in [0.15, 0.2) is 79.0 Å². The fourth-order valence-electron chi connectivity index (χ4n) is 2.80. The highest BCUT2D eigenvalue weighted by molar-refractivity contribution is 7.19. The summed E-state index contributed by atoms with van der Waals surface area (Å²) in [6.07, 6.45) is 1.75. The Morgan fingerprint density at radius 2 is 1.70 bits per heavy atom. The Kier molecular flexibility index (Phi) is 6.12. The smallest absolute Gasteiger partial charge is 0.257 e. The zero-order valence-electron chi connectivity index (χ0n) is 16.3. The first-order chi connectivity index (χ1) is 14.6. The van der Waals surface area contributed by atoms with E-state index < -0.39 is 0 Å². The molecule has 0 bridgehead atoms. The first-order valence-electron chi connectivity index (χ1n) is 9.38. The fourth-order valence-corrected chi connectivity index (χ4v) is 3.75. The topological polar surface area (TPSA) is 51.2 Å². The molecule has 1 amide bonds.